The van der Waals surface area contributed by atoms with E-state index in [4.69, 9.17) is 5.73 Å². The molecule has 0 amide bonds. The molecule has 0 fully saturated rings. The van der Waals surface area contributed by atoms with Crippen LogP contribution in [-0.2, 0) is 0 Å². The zero-order chi connectivity index (χ0) is 12.8. The first kappa shape index (κ1) is 13.9. The van der Waals surface area contributed by atoms with Gasteiger partial charge in [0.1, 0.15) is 0 Å². The number of anilines is 1. The van der Waals surface area contributed by atoms with Gasteiger partial charge in [0.2, 0.25) is 5.95 Å². The largest absolute Gasteiger partial charge is 0.354 e. The Morgan fingerprint density at radius 2 is 2.06 bits per heavy atom. The summed E-state index contributed by atoms with van der Waals surface area (Å²) in [6.45, 7) is 9.20. The maximum Gasteiger partial charge on any atom is 0.223 e. The predicted molar refractivity (Wildman–Crippen MR) is 72.2 cm³/mol. The van der Waals surface area contributed by atoms with Crippen molar-refractivity contribution in [3.8, 4) is 0 Å². The van der Waals surface area contributed by atoms with E-state index >= 15 is 0 Å². The highest BCUT2D eigenvalue weighted by Crippen LogP contribution is 2.14. The summed E-state index contributed by atoms with van der Waals surface area (Å²) in [5.74, 6) is 1.15. The standard InChI is InChI=1S/C13H24N4/c1-5-11(14)6-7-15-13-16-10(4)8-12(17-13)9(2)3/h8-9,11H,5-7,14H2,1-4H3,(H,15,16,17). The van der Waals surface area contributed by atoms with Crippen molar-refractivity contribution >= 4 is 5.95 Å². The van der Waals surface area contributed by atoms with E-state index < -0.39 is 0 Å². The summed E-state index contributed by atoms with van der Waals surface area (Å²) in [5.41, 5.74) is 7.95. The van der Waals surface area contributed by atoms with Gasteiger partial charge in [0.15, 0.2) is 0 Å². The molecule has 0 radical (unpaired) electrons. The lowest BCUT2D eigenvalue weighted by atomic mass is 10.1. The third-order valence-electron chi connectivity index (χ3n) is 2.79. The second kappa shape index (κ2) is 6.55. The van der Waals surface area contributed by atoms with Crippen LogP contribution in [0, 0.1) is 6.92 Å². The van der Waals surface area contributed by atoms with Crippen LogP contribution < -0.4 is 11.1 Å². The molecule has 0 aromatic carbocycles. The van der Waals surface area contributed by atoms with Crippen LogP contribution in [0.4, 0.5) is 5.95 Å². The van der Waals surface area contributed by atoms with E-state index in [9.17, 15) is 0 Å². The predicted octanol–water partition coefficient (Wildman–Crippen LogP) is 2.45. The van der Waals surface area contributed by atoms with Crippen LogP contribution in [0.3, 0.4) is 0 Å². The van der Waals surface area contributed by atoms with Gasteiger partial charge in [-0.1, -0.05) is 20.8 Å². The molecule has 0 aliphatic heterocycles. The van der Waals surface area contributed by atoms with Crippen molar-refractivity contribution in [2.24, 2.45) is 5.73 Å². The second-order valence-electron chi connectivity index (χ2n) is 4.80. The molecule has 17 heavy (non-hydrogen) atoms. The van der Waals surface area contributed by atoms with Gasteiger partial charge >= 0.3 is 0 Å². The van der Waals surface area contributed by atoms with E-state index in [0.717, 1.165) is 36.7 Å². The maximum atomic E-state index is 5.86. The maximum absolute atomic E-state index is 5.86. The second-order valence-corrected chi connectivity index (χ2v) is 4.80. The summed E-state index contributed by atoms with van der Waals surface area (Å²) in [6, 6.07) is 2.30. The minimum atomic E-state index is 0.261. The van der Waals surface area contributed by atoms with Gasteiger partial charge in [-0.05, 0) is 31.7 Å². The molecule has 1 aromatic heterocycles. The molecule has 0 spiro atoms. The smallest absolute Gasteiger partial charge is 0.223 e. The Labute approximate surface area is 104 Å². The Kier molecular flexibility index (Phi) is 5.35. The number of hydrogen-bond donors (Lipinski definition) is 2. The molecule has 0 aliphatic rings. The normalized spacial score (nSPS) is 12.8. The number of hydrogen-bond acceptors (Lipinski definition) is 4. The summed E-state index contributed by atoms with van der Waals surface area (Å²) < 4.78 is 0. The highest BCUT2D eigenvalue weighted by Gasteiger charge is 2.06. The highest BCUT2D eigenvalue weighted by molar-refractivity contribution is 5.28. The monoisotopic (exact) mass is 236 g/mol. The van der Waals surface area contributed by atoms with Crippen molar-refractivity contribution < 1.29 is 0 Å². The quantitative estimate of drug-likeness (QED) is 0.796. The van der Waals surface area contributed by atoms with E-state index in [0.29, 0.717) is 5.92 Å². The van der Waals surface area contributed by atoms with Crippen molar-refractivity contribution in [2.75, 3.05) is 11.9 Å². The molecule has 4 heteroatoms. The average molecular weight is 236 g/mol. The molecule has 0 saturated carbocycles. The first-order chi connectivity index (χ1) is 8.02. The van der Waals surface area contributed by atoms with E-state index in [1.54, 1.807) is 0 Å². The van der Waals surface area contributed by atoms with Gasteiger partial charge in [-0.15, -0.1) is 0 Å². The molecular formula is C13H24N4. The molecule has 0 saturated heterocycles. The fraction of sp³-hybridized carbons (Fsp3) is 0.692. The van der Waals surface area contributed by atoms with Gasteiger partial charge in [0.25, 0.3) is 0 Å². The van der Waals surface area contributed by atoms with E-state index in [-0.39, 0.29) is 6.04 Å². The highest BCUT2D eigenvalue weighted by atomic mass is 15.1. The minimum absolute atomic E-state index is 0.261. The lowest BCUT2D eigenvalue weighted by Crippen LogP contribution is -2.22. The van der Waals surface area contributed by atoms with Crippen LogP contribution in [0.2, 0.25) is 0 Å². The first-order valence-corrected chi connectivity index (χ1v) is 6.38. The zero-order valence-corrected chi connectivity index (χ0v) is 11.3. The Morgan fingerprint density at radius 1 is 1.35 bits per heavy atom. The first-order valence-electron chi connectivity index (χ1n) is 6.38. The molecule has 3 N–H and O–H groups in total. The molecule has 0 aliphatic carbocycles. The van der Waals surface area contributed by atoms with Gasteiger partial charge in [0, 0.05) is 24.0 Å². The molecule has 1 aromatic rings. The third kappa shape index (κ3) is 4.69. The van der Waals surface area contributed by atoms with Crippen molar-refractivity contribution in [2.45, 2.75) is 52.5 Å². The van der Waals surface area contributed by atoms with Crippen molar-refractivity contribution in [3.05, 3.63) is 17.5 Å². The lowest BCUT2D eigenvalue weighted by molar-refractivity contribution is 0.612. The molecule has 4 nitrogen and oxygen atoms in total. The number of nitrogens with zero attached hydrogens (tertiary/aromatic N) is 2. The molecule has 1 atom stereocenters. The average Bonchev–Trinajstić information content (AvgIpc) is 2.28. The minimum Gasteiger partial charge on any atom is -0.354 e. The molecular weight excluding hydrogens is 212 g/mol. The summed E-state index contributed by atoms with van der Waals surface area (Å²) in [6.07, 6.45) is 1.96. The number of aryl methyl sites for hydroxylation is 1. The number of aromatic nitrogens is 2. The Hall–Kier alpha value is -1.16. The fourth-order valence-electron chi connectivity index (χ4n) is 1.54. The van der Waals surface area contributed by atoms with Crippen LogP contribution in [0.15, 0.2) is 6.07 Å². The van der Waals surface area contributed by atoms with Gasteiger partial charge < -0.3 is 11.1 Å². The number of rotatable bonds is 6. The molecule has 96 valence electrons. The molecule has 0 bridgehead atoms. The summed E-state index contributed by atoms with van der Waals surface area (Å²) in [4.78, 5) is 8.87. The van der Waals surface area contributed by atoms with Crippen molar-refractivity contribution in [1.82, 2.24) is 9.97 Å². The molecule has 1 rings (SSSR count). The summed E-state index contributed by atoms with van der Waals surface area (Å²) in [5, 5.41) is 3.24. The topological polar surface area (TPSA) is 63.8 Å². The Bertz CT molecular complexity index is 349. The number of nitrogens with one attached hydrogen (secondary N) is 1. The van der Waals surface area contributed by atoms with E-state index in [1.165, 1.54) is 0 Å². The van der Waals surface area contributed by atoms with E-state index in [1.807, 2.05) is 13.0 Å². The summed E-state index contributed by atoms with van der Waals surface area (Å²) >= 11 is 0. The van der Waals surface area contributed by atoms with Crippen LogP contribution in [0.25, 0.3) is 0 Å². The lowest BCUT2D eigenvalue weighted by Gasteiger charge is -2.12. The van der Waals surface area contributed by atoms with Gasteiger partial charge in [-0.25, -0.2) is 9.97 Å². The Morgan fingerprint density at radius 3 is 2.65 bits per heavy atom. The fourth-order valence-corrected chi connectivity index (χ4v) is 1.54. The SMILES string of the molecule is CCC(N)CCNc1nc(C)cc(C(C)C)n1. The third-order valence-corrected chi connectivity index (χ3v) is 2.79. The van der Waals surface area contributed by atoms with Crippen LogP contribution >= 0.6 is 0 Å². The Balaban J connectivity index is 2.59. The van der Waals surface area contributed by atoms with E-state index in [2.05, 4.69) is 36.1 Å². The van der Waals surface area contributed by atoms with Crippen molar-refractivity contribution in [1.29, 1.82) is 0 Å². The van der Waals surface area contributed by atoms with Gasteiger partial charge in [-0.3, -0.25) is 0 Å². The van der Waals surface area contributed by atoms with Crippen LogP contribution in [0.1, 0.15) is 50.9 Å². The molecule has 1 unspecified atom stereocenters. The van der Waals surface area contributed by atoms with Crippen molar-refractivity contribution in [3.63, 3.8) is 0 Å². The number of nitrogens with two attached hydrogens (primary N) is 1. The summed E-state index contributed by atoms with van der Waals surface area (Å²) in [7, 11) is 0. The van der Waals surface area contributed by atoms with Crippen LogP contribution in [0.5, 0.6) is 0 Å². The van der Waals surface area contributed by atoms with Gasteiger partial charge in [-0.2, -0.15) is 0 Å². The zero-order valence-electron chi connectivity index (χ0n) is 11.3. The molecule has 1 heterocycles. The van der Waals surface area contributed by atoms with Crippen LogP contribution in [-0.4, -0.2) is 22.6 Å². The van der Waals surface area contributed by atoms with Gasteiger partial charge in [0.05, 0.1) is 0 Å².